The number of rotatable bonds is 5. The van der Waals surface area contributed by atoms with Gasteiger partial charge < -0.3 is 4.42 Å². The van der Waals surface area contributed by atoms with E-state index in [1.165, 1.54) is 11.8 Å². The summed E-state index contributed by atoms with van der Waals surface area (Å²) >= 11 is 1.46. The predicted octanol–water partition coefficient (Wildman–Crippen LogP) is 4.82. The van der Waals surface area contributed by atoms with E-state index >= 15 is 0 Å². The highest BCUT2D eigenvalue weighted by Gasteiger charge is 2.21. The van der Waals surface area contributed by atoms with E-state index in [2.05, 4.69) is 12.1 Å². The van der Waals surface area contributed by atoms with Crippen LogP contribution in [-0.2, 0) is 6.42 Å². The smallest absolute Gasteiger partial charge is 0.197 e. The maximum absolute atomic E-state index is 12.8. The first-order valence-corrected chi connectivity index (χ1v) is 8.30. The molecule has 0 radical (unpaired) electrons. The van der Waals surface area contributed by atoms with Crippen LogP contribution in [0.1, 0.15) is 27.0 Å². The molecule has 110 valence electrons. The molecule has 0 bridgehead atoms. The number of hydrogen-bond donors (Lipinski definition) is 0. The molecule has 0 amide bonds. The summed E-state index contributed by atoms with van der Waals surface area (Å²) in [5.41, 5.74) is 3.47. The van der Waals surface area contributed by atoms with Crippen molar-refractivity contribution in [3.8, 4) is 0 Å². The Morgan fingerprint density at radius 3 is 2.27 bits per heavy atom. The maximum Gasteiger partial charge on any atom is 0.197 e. The Morgan fingerprint density at radius 2 is 1.64 bits per heavy atom. The van der Waals surface area contributed by atoms with Crippen molar-refractivity contribution in [3.63, 3.8) is 0 Å². The number of ketones is 1. The molecule has 1 aromatic heterocycles. The van der Waals surface area contributed by atoms with Gasteiger partial charge in [0.2, 0.25) is 0 Å². The van der Waals surface area contributed by atoms with Gasteiger partial charge in [0.1, 0.15) is 0 Å². The topological polar surface area (TPSA) is 30.2 Å². The Hall–Kier alpha value is -2.26. The van der Waals surface area contributed by atoms with Crippen molar-refractivity contribution >= 4 is 17.5 Å². The molecule has 0 saturated heterocycles. The van der Waals surface area contributed by atoms with E-state index in [1.807, 2.05) is 54.8 Å². The molecule has 0 spiro atoms. The first-order valence-electron chi connectivity index (χ1n) is 7.07. The van der Waals surface area contributed by atoms with Crippen LogP contribution in [0.5, 0.6) is 0 Å². The normalized spacial score (nSPS) is 10.6. The zero-order valence-corrected chi connectivity index (χ0v) is 13.1. The standard InChI is InChI=1S/C19H16O2S/c1-22-19-17(18(20)15-10-6-3-7-11-15)16(13-21-19)12-14-8-4-2-5-9-14/h2-11,13H,12H2,1H3. The molecule has 1 heterocycles. The van der Waals surface area contributed by atoms with Crippen molar-refractivity contribution in [1.29, 1.82) is 0 Å². The zero-order chi connectivity index (χ0) is 15.4. The molecular weight excluding hydrogens is 292 g/mol. The molecule has 0 aliphatic heterocycles. The van der Waals surface area contributed by atoms with Crippen LogP contribution < -0.4 is 0 Å². The summed E-state index contributed by atoms with van der Waals surface area (Å²) in [5.74, 6) is 0.0182. The highest BCUT2D eigenvalue weighted by atomic mass is 32.2. The minimum atomic E-state index is 0.0182. The molecule has 0 fully saturated rings. The van der Waals surface area contributed by atoms with E-state index in [0.717, 1.165) is 11.1 Å². The predicted molar refractivity (Wildman–Crippen MR) is 89.6 cm³/mol. The molecular formula is C19H16O2S. The number of carbonyl (C=O) groups excluding carboxylic acids is 1. The van der Waals surface area contributed by atoms with Gasteiger partial charge in [-0.3, -0.25) is 4.79 Å². The summed E-state index contributed by atoms with van der Waals surface area (Å²) in [6, 6.07) is 19.5. The maximum atomic E-state index is 12.8. The summed E-state index contributed by atoms with van der Waals surface area (Å²) in [6.07, 6.45) is 4.32. The van der Waals surface area contributed by atoms with Crippen LogP contribution in [0.25, 0.3) is 0 Å². The van der Waals surface area contributed by atoms with Crippen molar-refractivity contribution in [2.75, 3.05) is 6.26 Å². The first-order chi connectivity index (χ1) is 10.8. The Morgan fingerprint density at radius 1 is 1.00 bits per heavy atom. The van der Waals surface area contributed by atoms with E-state index in [9.17, 15) is 4.79 Å². The number of hydrogen-bond acceptors (Lipinski definition) is 3. The lowest BCUT2D eigenvalue weighted by molar-refractivity contribution is 0.103. The zero-order valence-electron chi connectivity index (χ0n) is 12.3. The van der Waals surface area contributed by atoms with Crippen molar-refractivity contribution in [2.45, 2.75) is 11.5 Å². The summed E-state index contributed by atoms with van der Waals surface area (Å²) in [5, 5.41) is 0.680. The molecule has 22 heavy (non-hydrogen) atoms. The van der Waals surface area contributed by atoms with Gasteiger partial charge in [0.15, 0.2) is 10.9 Å². The number of benzene rings is 2. The molecule has 3 aromatic rings. The van der Waals surface area contributed by atoms with Crippen LogP contribution >= 0.6 is 11.8 Å². The summed E-state index contributed by atoms with van der Waals surface area (Å²) in [7, 11) is 0. The molecule has 2 nitrogen and oxygen atoms in total. The minimum absolute atomic E-state index is 0.0182. The lowest BCUT2D eigenvalue weighted by Crippen LogP contribution is -2.05. The fourth-order valence-electron chi connectivity index (χ4n) is 2.44. The van der Waals surface area contributed by atoms with Crippen LogP contribution in [-0.4, -0.2) is 12.0 Å². The van der Waals surface area contributed by atoms with Crippen LogP contribution in [0, 0.1) is 0 Å². The lowest BCUT2D eigenvalue weighted by atomic mass is 9.98. The largest absolute Gasteiger partial charge is 0.457 e. The Kier molecular flexibility index (Phi) is 4.45. The van der Waals surface area contributed by atoms with Crippen molar-refractivity contribution in [3.05, 3.63) is 89.2 Å². The van der Waals surface area contributed by atoms with Gasteiger partial charge in [-0.25, -0.2) is 0 Å². The molecule has 3 heteroatoms. The molecule has 0 unspecified atom stereocenters. The monoisotopic (exact) mass is 308 g/mol. The fourth-order valence-corrected chi connectivity index (χ4v) is 3.01. The molecule has 0 N–H and O–H groups in total. The molecule has 0 aliphatic carbocycles. The van der Waals surface area contributed by atoms with Gasteiger partial charge >= 0.3 is 0 Å². The summed E-state index contributed by atoms with van der Waals surface area (Å²) < 4.78 is 5.60. The highest BCUT2D eigenvalue weighted by Crippen LogP contribution is 2.29. The number of furan rings is 1. The van der Waals surface area contributed by atoms with E-state index < -0.39 is 0 Å². The Balaban J connectivity index is 1.99. The fraction of sp³-hybridized carbons (Fsp3) is 0.105. The van der Waals surface area contributed by atoms with Crippen LogP contribution in [0.2, 0.25) is 0 Å². The van der Waals surface area contributed by atoms with Crippen LogP contribution in [0.3, 0.4) is 0 Å². The first kappa shape index (κ1) is 14.7. The molecule has 2 aromatic carbocycles. The van der Waals surface area contributed by atoms with E-state index in [1.54, 1.807) is 6.26 Å². The van der Waals surface area contributed by atoms with E-state index in [-0.39, 0.29) is 5.78 Å². The molecule has 0 aliphatic rings. The third kappa shape index (κ3) is 3.00. The highest BCUT2D eigenvalue weighted by molar-refractivity contribution is 7.98. The lowest BCUT2D eigenvalue weighted by Gasteiger charge is -2.05. The molecule has 0 saturated carbocycles. The van der Waals surface area contributed by atoms with Crippen molar-refractivity contribution < 1.29 is 9.21 Å². The third-order valence-corrected chi connectivity index (χ3v) is 4.19. The molecule has 0 atom stereocenters. The van der Waals surface area contributed by atoms with Gasteiger partial charge in [0.05, 0.1) is 11.8 Å². The van der Waals surface area contributed by atoms with Crippen molar-refractivity contribution in [2.24, 2.45) is 0 Å². The van der Waals surface area contributed by atoms with Crippen LogP contribution in [0.15, 0.2) is 76.4 Å². The van der Waals surface area contributed by atoms with Gasteiger partial charge in [-0.15, -0.1) is 0 Å². The van der Waals surface area contributed by atoms with Gasteiger partial charge in [0.25, 0.3) is 0 Å². The van der Waals surface area contributed by atoms with Crippen LogP contribution in [0.4, 0.5) is 0 Å². The minimum Gasteiger partial charge on any atom is -0.457 e. The third-order valence-electron chi connectivity index (χ3n) is 3.52. The van der Waals surface area contributed by atoms with E-state index in [0.29, 0.717) is 22.6 Å². The summed E-state index contributed by atoms with van der Waals surface area (Å²) in [4.78, 5) is 12.8. The second kappa shape index (κ2) is 6.67. The van der Waals surface area contributed by atoms with Gasteiger partial charge in [-0.2, -0.15) is 0 Å². The van der Waals surface area contributed by atoms with E-state index in [4.69, 9.17) is 4.42 Å². The van der Waals surface area contributed by atoms with Gasteiger partial charge in [0, 0.05) is 17.5 Å². The SMILES string of the molecule is CSc1occ(Cc2ccccc2)c1C(=O)c1ccccc1. The average Bonchev–Trinajstić information content (AvgIpc) is 2.98. The number of thioether (sulfide) groups is 1. The Bertz CT molecular complexity index is 761. The second-order valence-corrected chi connectivity index (χ2v) is 5.76. The second-order valence-electron chi connectivity index (χ2n) is 4.99. The Labute approximate surface area is 134 Å². The van der Waals surface area contributed by atoms with Crippen molar-refractivity contribution in [1.82, 2.24) is 0 Å². The quantitative estimate of drug-likeness (QED) is 0.500. The molecule has 3 rings (SSSR count). The van der Waals surface area contributed by atoms with Gasteiger partial charge in [-0.05, 0) is 11.8 Å². The number of carbonyl (C=O) groups is 1. The average molecular weight is 308 g/mol. The van der Waals surface area contributed by atoms with Gasteiger partial charge in [-0.1, -0.05) is 72.4 Å². The summed E-state index contributed by atoms with van der Waals surface area (Å²) in [6.45, 7) is 0.